The van der Waals surface area contributed by atoms with Gasteiger partial charge in [0.1, 0.15) is 6.04 Å². The van der Waals surface area contributed by atoms with E-state index in [1.165, 1.54) is 5.56 Å². The molecule has 1 aromatic carbocycles. The number of fused-ring (bicyclic) bond motifs is 1. The van der Waals surface area contributed by atoms with Gasteiger partial charge in [-0.25, -0.2) is 4.79 Å². The van der Waals surface area contributed by atoms with Crippen LogP contribution >= 0.6 is 0 Å². The molecule has 0 radical (unpaired) electrons. The molecular formula is C18H28BN3O4. The lowest BCUT2D eigenvalue weighted by Gasteiger charge is -2.30. The fraction of sp³-hybridized carbons (Fsp3) is 0.556. The van der Waals surface area contributed by atoms with Crippen LogP contribution in [0, 0.1) is 5.92 Å². The largest absolute Gasteiger partial charge is 0.475 e. The molecule has 7 nitrogen and oxygen atoms in total. The van der Waals surface area contributed by atoms with E-state index >= 15 is 0 Å². The maximum absolute atomic E-state index is 12.5. The van der Waals surface area contributed by atoms with Gasteiger partial charge in [0.05, 0.1) is 5.94 Å². The standard InChI is InChI=1S/C18H28BN3O4/c1-12(2)10-16(19(25)26)21-17(23)13(3)20-18(24)22-9-8-14-6-4-5-7-15(14)11-22/h4-7,12-13,16,25-26H,8-11H2,1-3H3,(H,20,24)(H,21,23)/t13-,16-/m0/s1. The van der Waals surface area contributed by atoms with Crippen LogP contribution in [0.25, 0.3) is 0 Å². The molecule has 1 aliphatic rings. The Hall–Kier alpha value is -2.06. The lowest BCUT2D eigenvalue weighted by Crippen LogP contribution is -2.55. The molecule has 0 fully saturated rings. The van der Waals surface area contributed by atoms with Crippen LogP contribution in [-0.2, 0) is 17.8 Å². The molecule has 1 heterocycles. The van der Waals surface area contributed by atoms with Gasteiger partial charge in [0.25, 0.3) is 0 Å². The summed E-state index contributed by atoms with van der Waals surface area (Å²) in [5, 5.41) is 24.1. The van der Waals surface area contributed by atoms with Gasteiger partial charge in [-0.2, -0.15) is 0 Å². The normalized spacial score (nSPS) is 15.8. The first kappa shape index (κ1) is 20.3. The van der Waals surface area contributed by atoms with Crippen LogP contribution in [0.15, 0.2) is 24.3 Å². The zero-order valence-corrected chi connectivity index (χ0v) is 15.6. The van der Waals surface area contributed by atoms with Gasteiger partial charge in [-0.1, -0.05) is 38.1 Å². The summed E-state index contributed by atoms with van der Waals surface area (Å²) in [6.07, 6.45) is 1.23. The van der Waals surface area contributed by atoms with E-state index in [2.05, 4.69) is 16.7 Å². The summed E-state index contributed by atoms with van der Waals surface area (Å²) in [5.74, 6) is -1.00. The summed E-state index contributed by atoms with van der Waals surface area (Å²) in [6.45, 7) is 6.56. The average Bonchev–Trinajstić information content (AvgIpc) is 2.60. The molecule has 1 aliphatic heterocycles. The zero-order chi connectivity index (χ0) is 19.3. The van der Waals surface area contributed by atoms with E-state index in [9.17, 15) is 19.6 Å². The Labute approximate surface area is 154 Å². The van der Waals surface area contributed by atoms with Crippen molar-refractivity contribution in [3.05, 3.63) is 35.4 Å². The highest BCUT2D eigenvalue weighted by atomic mass is 16.4. The molecule has 2 atom stereocenters. The van der Waals surface area contributed by atoms with Gasteiger partial charge >= 0.3 is 13.1 Å². The van der Waals surface area contributed by atoms with Gasteiger partial charge in [-0.15, -0.1) is 0 Å². The second-order valence-electron chi connectivity index (χ2n) is 7.27. The second-order valence-corrected chi connectivity index (χ2v) is 7.27. The van der Waals surface area contributed by atoms with Gasteiger partial charge in [-0.05, 0) is 36.8 Å². The molecule has 0 aromatic heterocycles. The minimum absolute atomic E-state index is 0.195. The van der Waals surface area contributed by atoms with E-state index in [0.29, 0.717) is 19.5 Å². The quantitative estimate of drug-likeness (QED) is 0.560. The number of hydrogen-bond acceptors (Lipinski definition) is 4. The van der Waals surface area contributed by atoms with Gasteiger partial charge in [0.15, 0.2) is 0 Å². The number of amides is 3. The van der Waals surface area contributed by atoms with Crippen molar-refractivity contribution in [2.45, 2.75) is 52.1 Å². The number of nitrogens with zero attached hydrogens (tertiary/aromatic N) is 1. The zero-order valence-electron chi connectivity index (χ0n) is 15.6. The van der Waals surface area contributed by atoms with Gasteiger partial charge in [-0.3, -0.25) is 4.79 Å². The molecule has 0 bridgehead atoms. The first-order valence-electron chi connectivity index (χ1n) is 9.06. The van der Waals surface area contributed by atoms with Crippen molar-refractivity contribution in [3.63, 3.8) is 0 Å². The van der Waals surface area contributed by atoms with Gasteiger partial charge in [0.2, 0.25) is 5.91 Å². The molecule has 1 aromatic rings. The minimum atomic E-state index is -1.64. The van der Waals surface area contributed by atoms with Crippen LogP contribution in [0.1, 0.15) is 38.3 Å². The molecule has 142 valence electrons. The topological polar surface area (TPSA) is 102 Å². The Morgan fingerprint density at radius 1 is 1.15 bits per heavy atom. The van der Waals surface area contributed by atoms with Crippen LogP contribution in [0.3, 0.4) is 0 Å². The molecule has 0 saturated carbocycles. The predicted octanol–water partition coefficient (Wildman–Crippen LogP) is 0.686. The molecule has 0 saturated heterocycles. The summed E-state index contributed by atoms with van der Waals surface area (Å²) in [4.78, 5) is 26.4. The van der Waals surface area contributed by atoms with Crippen molar-refractivity contribution in [1.82, 2.24) is 15.5 Å². The Balaban J connectivity index is 1.89. The van der Waals surface area contributed by atoms with Crippen molar-refractivity contribution in [3.8, 4) is 0 Å². The van der Waals surface area contributed by atoms with Crippen LogP contribution in [0.4, 0.5) is 4.79 Å². The molecule has 0 aliphatic carbocycles. The maximum atomic E-state index is 12.5. The van der Waals surface area contributed by atoms with Crippen LogP contribution in [-0.4, -0.2) is 52.5 Å². The third-order valence-corrected chi connectivity index (χ3v) is 4.56. The van der Waals surface area contributed by atoms with Gasteiger partial charge < -0.3 is 25.6 Å². The number of nitrogens with one attached hydrogen (secondary N) is 2. The van der Waals surface area contributed by atoms with Crippen LogP contribution in [0.2, 0.25) is 0 Å². The van der Waals surface area contributed by atoms with E-state index in [-0.39, 0.29) is 11.9 Å². The number of benzene rings is 1. The second kappa shape index (κ2) is 9.05. The smallest absolute Gasteiger partial charge is 0.426 e. The third-order valence-electron chi connectivity index (χ3n) is 4.56. The Morgan fingerprint density at radius 2 is 1.81 bits per heavy atom. The maximum Gasteiger partial charge on any atom is 0.475 e. The Bertz CT molecular complexity index is 639. The minimum Gasteiger partial charge on any atom is -0.426 e. The molecule has 0 spiro atoms. The third kappa shape index (κ3) is 5.47. The van der Waals surface area contributed by atoms with Crippen molar-refractivity contribution >= 4 is 19.1 Å². The first-order chi connectivity index (χ1) is 12.3. The summed E-state index contributed by atoms with van der Waals surface area (Å²) in [5.41, 5.74) is 2.36. The van der Waals surface area contributed by atoms with E-state index < -0.39 is 25.0 Å². The number of rotatable bonds is 6. The highest BCUT2D eigenvalue weighted by molar-refractivity contribution is 6.43. The van der Waals surface area contributed by atoms with E-state index in [4.69, 9.17) is 0 Å². The monoisotopic (exact) mass is 361 g/mol. The molecule has 8 heteroatoms. The van der Waals surface area contributed by atoms with Crippen LogP contribution < -0.4 is 10.6 Å². The number of hydrogen-bond donors (Lipinski definition) is 4. The summed E-state index contributed by atoms with van der Waals surface area (Å²) in [6, 6.07) is 6.94. The highest BCUT2D eigenvalue weighted by Gasteiger charge is 2.29. The Morgan fingerprint density at radius 3 is 2.42 bits per heavy atom. The van der Waals surface area contributed by atoms with Crippen molar-refractivity contribution < 1.29 is 19.6 Å². The fourth-order valence-corrected chi connectivity index (χ4v) is 3.08. The summed E-state index contributed by atoms with van der Waals surface area (Å²) < 4.78 is 0. The molecule has 0 unspecified atom stereocenters. The number of carbonyl (C=O) groups is 2. The number of urea groups is 1. The SMILES string of the molecule is CC(C)C[C@H](NC(=O)[C@H](C)NC(=O)N1CCc2ccccc2C1)B(O)O. The van der Waals surface area contributed by atoms with Gasteiger partial charge in [0, 0.05) is 13.1 Å². The summed E-state index contributed by atoms with van der Waals surface area (Å²) >= 11 is 0. The molecule has 26 heavy (non-hydrogen) atoms. The molecule has 2 rings (SSSR count). The Kier molecular flexibility index (Phi) is 7.05. The fourth-order valence-electron chi connectivity index (χ4n) is 3.08. The van der Waals surface area contributed by atoms with E-state index in [1.54, 1.807) is 11.8 Å². The van der Waals surface area contributed by atoms with Crippen LogP contribution in [0.5, 0.6) is 0 Å². The first-order valence-corrected chi connectivity index (χ1v) is 9.06. The van der Waals surface area contributed by atoms with E-state index in [1.807, 2.05) is 32.0 Å². The number of carbonyl (C=O) groups excluding carboxylic acids is 2. The van der Waals surface area contributed by atoms with Crippen molar-refractivity contribution in [2.75, 3.05) is 6.54 Å². The van der Waals surface area contributed by atoms with Crippen molar-refractivity contribution in [1.29, 1.82) is 0 Å². The lowest BCUT2D eigenvalue weighted by atomic mass is 9.75. The highest BCUT2D eigenvalue weighted by Crippen LogP contribution is 2.18. The average molecular weight is 361 g/mol. The summed E-state index contributed by atoms with van der Waals surface area (Å²) in [7, 11) is -1.64. The molecule has 4 N–H and O–H groups in total. The molecular weight excluding hydrogens is 333 g/mol. The lowest BCUT2D eigenvalue weighted by molar-refractivity contribution is -0.123. The molecule has 3 amide bonds. The predicted molar refractivity (Wildman–Crippen MR) is 100 cm³/mol. The van der Waals surface area contributed by atoms with Crippen molar-refractivity contribution in [2.24, 2.45) is 5.92 Å². The van der Waals surface area contributed by atoms with E-state index in [0.717, 1.165) is 12.0 Å².